The molecule has 1 fully saturated rings. The minimum atomic E-state index is -3.93. The standard InChI is InChI=1S/C25H29FN4O6S/c1-17(31)36-16-25(32)27-19-3-6-21(7-4-19)37(33,34)29(2)20-5-8-23-22(13-20)28-24(14-26)30(23)15-18-9-11-35-12-10-18/h3-8,13,18H,9-12,14-16H2,1-2H3,(H,27,32). The second-order valence-electron chi connectivity index (χ2n) is 8.83. The fourth-order valence-electron chi connectivity index (χ4n) is 4.23. The third-order valence-electron chi connectivity index (χ3n) is 6.28. The van der Waals surface area contributed by atoms with Crippen molar-refractivity contribution in [3.63, 3.8) is 0 Å². The molecule has 1 aromatic heterocycles. The Bertz CT molecular complexity index is 1380. The third-order valence-corrected chi connectivity index (χ3v) is 8.08. The SMILES string of the molecule is CC(=O)OCC(=O)Nc1ccc(S(=O)(=O)N(C)c2ccc3c(c2)nc(CF)n3CC2CCOCC2)cc1. The highest BCUT2D eigenvalue weighted by Crippen LogP contribution is 2.29. The highest BCUT2D eigenvalue weighted by atomic mass is 32.2. The van der Waals surface area contributed by atoms with Crippen LogP contribution in [-0.2, 0) is 42.3 Å². The lowest BCUT2D eigenvalue weighted by Gasteiger charge is -2.23. The molecule has 2 heterocycles. The van der Waals surface area contributed by atoms with Crippen molar-refractivity contribution in [1.82, 2.24) is 9.55 Å². The number of ether oxygens (including phenoxy) is 2. The van der Waals surface area contributed by atoms with E-state index in [1.807, 2.05) is 4.57 Å². The number of aromatic nitrogens is 2. The van der Waals surface area contributed by atoms with Gasteiger partial charge in [-0.3, -0.25) is 13.9 Å². The number of nitrogens with one attached hydrogen (secondary N) is 1. The van der Waals surface area contributed by atoms with Crippen molar-refractivity contribution in [3.05, 3.63) is 48.3 Å². The fourth-order valence-corrected chi connectivity index (χ4v) is 5.42. The Kier molecular flexibility index (Phi) is 8.08. The lowest BCUT2D eigenvalue weighted by atomic mass is 10.0. The number of halogens is 1. The molecule has 0 bridgehead atoms. The average molecular weight is 533 g/mol. The molecule has 10 nitrogen and oxygen atoms in total. The Hall–Kier alpha value is -3.51. The smallest absolute Gasteiger partial charge is 0.303 e. The van der Waals surface area contributed by atoms with Gasteiger partial charge in [0.25, 0.3) is 15.9 Å². The molecule has 0 spiro atoms. The van der Waals surface area contributed by atoms with Crippen molar-refractivity contribution in [1.29, 1.82) is 0 Å². The number of benzene rings is 2. The molecule has 0 saturated carbocycles. The molecule has 0 radical (unpaired) electrons. The summed E-state index contributed by atoms with van der Waals surface area (Å²) in [4.78, 5) is 27.1. The van der Waals surface area contributed by atoms with Gasteiger partial charge < -0.3 is 19.4 Å². The molecule has 2 aromatic carbocycles. The van der Waals surface area contributed by atoms with E-state index in [0.717, 1.165) is 22.7 Å². The number of hydrogen-bond donors (Lipinski definition) is 1. The van der Waals surface area contributed by atoms with Crippen molar-refractivity contribution >= 4 is 44.3 Å². The van der Waals surface area contributed by atoms with Crippen LogP contribution in [0, 0.1) is 5.92 Å². The molecule has 3 aromatic rings. The molecule has 1 amide bonds. The number of nitrogens with zero attached hydrogens (tertiary/aromatic N) is 3. The minimum Gasteiger partial charge on any atom is -0.456 e. The van der Waals surface area contributed by atoms with Gasteiger partial charge in [-0.2, -0.15) is 0 Å². The average Bonchev–Trinajstić information content (AvgIpc) is 3.24. The number of hydrogen-bond acceptors (Lipinski definition) is 7. The highest BCUT2D eigenvalue weighted by Gasteiger charge is 2.23. The first-order valence-corrected chi connectivity index (χ1v) is 13.3. The quantitative estimate of drug-likeness (QED) is 0.420. The van der Waals surface area contributed by atoms with Crippen LogP contribution in [0.2, 0.25) is 0 Å². The molecule has 0 atom stereocenters. The Morgan fingerprint density at radius 1 is 1.19 bits per heavy atom. The zero-order chi connectivity index (χ0) is 26.6. The minimum absolute atomic E-state index is 0.0163. The second kappa shape index (κ2) is 11.3. The maximum Gasteiger partial charge on any atom is 0.303 e. The molecule has 0 aliphatic carbocycles. The molecule has 198 valence electrons. The first-order chi connectivity index (χ1) is 17.7. The Morgan fingerprint density at radius 2 is 1.89 bits per heavy atom. The van der Waals surface area contributed by atoms with Crippen LogP contribution in [0.1, 0.15) is 25.6 Å². The number of esters is 1. The molecule has 1 aliphatic rings. The number of amides is 1. The maximum absolute atomic E-state index is 13.8. The number of anilines is 2. The van der Waals surface area contributed by atoms with Gasteiger partial charge in [0, 0.05) is 39.4 Å². The zero-order valence-electron chi connectivity index (χ0n) is 20.6. The predicted molar refractivity (Wildman–Crippen MR) is 135 cm³/mol. The van der Waals surface area contributed by atoms with Crippen LogP contribution >= 0.6 is 0 Å². The van der Waals surface area contributed by atoms with Gasteiger partial charge in [-0.15, -0.1) is 0 Å². The monoisotopic (exact) mass is 532 g/mol. The summed E-state index contributed by atoms with van der Waals surface area (Å²) < 4.78 is 53.3. The van der Waals surface area contributed by atoms with Crippen LogP contribution in [0.4, 0.5) is 15.8 Å². The summed E-state index contributed by atoms with van der Waals surface area (Å²) in [5, 5.41) is 2.53. The first kappa shape index (κ1) is 26.6. The molecule has 1 aliphatic heterocycles. The van der Waals surface area contributed by atoms with Crippen molar-refractivity contribution in [2.75, 3.05) is 36.5 Å². The summed E-state index contributed by atoms with van der Waals surface area (Å²) in [6.07, 6.45) is 1.80. The topological polar surface area (TPSA) is 120 Å². The van der Waals surface area contributed by atoms with E-state index in [1.165, 1.54) is 38.2 Å². The van der Waals surface area contributed by atoms with Crippen molar-refractivity contribution in [2.24, 2.45) is 5.92 Å². The molecular formula is C25H29FN4O6S. The van der Waals surface area contributed by atoms with Crippen LogP contribution in [0.3, 0.4) is 0 Å². The molecule has 12 heteroatoms. The number of imidazole rings is 1. The van der Waals surface area contributed by atoms with E-state index in [2.05, 4.69) is 15.0 Å². The first-order valence-electron chi connectivity index (χ1n) is 11.8. The van der Waals surface area contributed by atoms with Crippen molar-refractivity contribution < 1.29 is 31.9 Å². The van der Waals surface area contributed by atoms with Crippen LogP contribution in [0.25, 0.3) is 11.0 Å². The number of carbonyl (C=O) groups is 2. The van der Waals surface area contributed by atoms with Gasteiger partial charge in [-0.05, 0) is 61.2 Å². The molecule has 37 heavy (non-hydrogen) atoms. The maximum atomic E-state index is 13.8. The molecule has 0 unspecified atom stereocenters. The number of alkyl halides is 1. The normalized spacial score (nSPS) is 14.5. The van der Waals surface area contributed by atoms with E-state index in [-0.39, 0.29) is 4.90 Å². The summed E-state index contributed by atoms with van der Waals surface area (Å²) in [5.74, 6) is -0.436. The number of rotatable bonds is 9. The van der Waals surface area contributed by atoms with Gasteiger partial charge in [-0.25, -0.2) is 17.8 Å². The van der Waals surface area contributed by atoms with Crippen LogP contribution < -0.4 is 9.62 Å². The van der Waals surface area contributed by atoms with E-state index in [9.17, 15) is 22.4 Å². The third kappa shape index (κ3) is 6.08. The molecular weight excluding hydrogens is 503 g/mol. The van der Waals surface area contributed by atoms with Crippen LogP contribution in [0.5, 0.6) is 0 Å². The van der Waals surface area contributed by atoms with E-state index in [0.29, 0.717) is 48.4 Å². The van der Waals surface area contributed by atoms with Gasteiger partial charge in [0.05, 0.1) is 21.6 Å². The summed E-state index contributed by atoms with van der Waals surface area (Å²) >= 11 is 0. The number of fused-ring (bicyclic) bond motifs is 1. The second-order valence-corrected chi connectivity index (χ2v) is 10.8. The van der Waals surface area contributed by atoms with Crippen LogP contribution in [-0.4, -0.2) is 56.7 Å². The summed E-state index contributed by atoms with van der Waals surface area (Å²) in [6.45, 7) is 2.06. The fraction of sp³-hybridized carbons (Fsp3) is 0.400. The van der Waals surface area contributed by atoms with Gasteiger partial charge in [-0.1, -0.05) is 0 Å². The zero-order valence-corrected chi connectivity index (χ0v) is 21.5. The van der Waals surface area contributed by atoms with E-state index in [1.54, 1.807) is 18.2 Å². The summed E-state index contributed by atoms with van der Waals surface area (Å²) in [5.41, 5.74) is 2.01. The predicted octanol–water partition coefficient (Wildman–Crippen LogP) is 3.26. The summed E-state index contributed by atoms with van der Waals surface area (Å²) in [6, 6.07) is 10.7. The molecule has 1 saturated heterocycles. The molecule has 1 N–H and O–H groups in total. The van der Waals surface area contributed by atoms with Gasteiger partial charge >= 0.3 is 5.97 Å². The van der Waals surface area contributed by atoms with E-state index < -0.39 is 35.2 Å². The van der Waals surface area contributed by atoms with E-state index >= 15 is 0 Å². The summed E-state index contributed by atoms with van der Waals surface area (Å²) in [7, 11) is -2.50. The van der Waals surface area contributed by atoms with Gasteiger partial charge in [0.1, 0.15) is 12.5 Å². The Balaban J connectivity index is 1.52. The Labute approximate surface area is 214 Å². The largest absolute Gasteiger partial charge is 0.456 e. The van der Waals surface area contributed by atoms with Crippen LogP contribution in [0.15, 0.2) is 47.4 Å². The molecule has 4 rings (SSSR count). The Morgan fingerprint density at radius 3 is 2.54 bits per heavy atom. The lowest BCUT2D eigenvalue weighted by Crippen LogP contribution is -2.26. The van der Waals surface area contributed by atoms with E-state index in [4.69, 9.17) is 4.74 Å². The van der Waals surface area contributed by atoms with Crippen molar-refractivity contribution in [3.8, 4) is 0 Å². The highest BCUT2D eigenvalue weighted by molar-refractivity contribution is 7.92. The number of carbonyl (C=O) groups excluding carboxylic acids is 2. The number of sulfonamides is 1. The van der Waals surface area contributed by atoms with Crippen molar-refractivity contribution in [2.45, 2.75) is 37.9 Å². The van der Waals surface area contributed by atoms with Gasteiger partial charge in [0.2, 0.25) is 0 Å². The van der Waals surface area contributed by atoms with Gasteiger partial charge in [0.15, 0.2) is 6.61 Å². The lowest BCUT2D eigenvalue weighted by molar-refractivity contribution is -0.144.